The molecule has 0 bridgehead atoms. The average molecular weight is 336 g/mol. The molecule has 3 rings (SSSR count). The Hall–Kier alpha value is -1.43. The number of halogens is 1. The van der Waals surface area contributed by atoms with Gasteiger partial charge in [0.1, 0.15) is 0 Å². The molecule has 106 valence electrons. The Morgan fingerprint density at radius 3 is 3.00 bits per heavy atom. The summed E-state index contributed by atoms with van der Waals surface area (Å²) in [4.78, 5) is 0. The highest BCUT2D eigenvalue weighted by Crippen LogP contribution is 2.33. The Kier molecular flexibility index (Phi) is 3.74. The number of benzene rings is 1. The summed E-state index contributed by atoms with van der Waals surface area (Å²) in [7, 11) is 0. The third-order valence-electron chi connectivity index (χ3n) is 4.00. The minimum absolute atomic E-state index is 0.673. The van der Waals surface area contributed by atoms with Crippen molar-refractivity contribution in [2.75, 3.05) is 5.73 Å². The third kappa shape index (κ3) is 2.70. The molecule has 0 amide bonds. The van der Waals surface area contributed by atoms with Crippen LogP contribution in [0.5, 0.6) is 0 Å². The van der Waals surface area contributed by atoms with E-state index in [1.807, 2.05) is 22.9 Å². The molecule has 6 heteroatoms. The maximum absolute atomic E-state index is 5.87. The first kappa shape index (κ1) is 13.5. The number of rotatable bonds is 3. The van der Waals surface area contributed by atoms with Crippen molar-refractivity contribution < 1.29 is 0 Å². The average Bonchev–Trinajstić information content (AvgIpc) is 3.02. The highest BCUT2D eigenvalue weighted by molar-refractivity contribution is 9.10. The van der Waals surface area contributed by atoms with Crippen LogP contribution in [0.3, 0.4) is 0 Å². The van der Waals surface area contributed by atoms with Gasteiger partial charge < -0.3 is 5.73 Å². The monoisotopic (exact) mass is 335 g/mol. The molecule has 5 nitrogen and oxygen atoms in total. The van der Waals surface area contributed by atoms with Gasteiger partial charge in [0.05, 0.1) is 0 Å². The number of nitrogens with zero attached hydrogens (tertiary/aromatic N) is 4. The van der Waals surface area contributed by atoms with Crippen molar-refractivity contribution in [3.05, 3.63) is 22.7 Å². The summed E-state index contributed by atoms with van der Waals surface area (Å²) in [5.41, 5.74) is 7.53. The van der Waals surface area contributed by atoms with Crippen LogP contribution in [0, 0.1) is 11.8 Å². The number of nitrogen functional groups attached to an aromatic ring is 1. The van der Waals surface area contributed by atoms with Gasteiger partial charge in [0, 0.05) is 22.3 Å². The van der Waals surface area contributed by atoms with Gasteiger partial charge in [-0.1, -0.05) is 29.3 Å². The molecule has 0 saturated heterocycles. The van der Waals surface area contributed by atoms with Crippen LogP contribution in [0.25, 0.3) is 11.4 Å². The van der Waals surface area contributed by atoms with E-state index in [-0.39, 0.29) is 0 Å². The predicted octanol–water partition coefficient (Wildman–Crippen LogP) is 3.12. The van der Waals surface area contributed by atoms with Gasteiger partial charge in [-0.25, -0.2) is 4.68 Å². The van der Waals surface area contributed by atoms with Gasteiger partial charge in [0.15, 0.2) is 5.82 Å². The van der Waals surface area contributed by atoms with Crippen LogP contribution < -0.4 is 5.73 Å². The summed E-state index contributed by atoms with van der Waals surface area (Å²) in [5, 5.41) is 12.1. The largest absolute Gasteiger partial charge is 0.399 e. The first-order valence-electron chi connectivity index (χ1n) is 6.95. The minimum Gasteiger partial charge on any atom is -0.399 e. The molecule has 0 spiro atoms. The second-order valence-electron chi connectivity index (χ2n) is 5.71. The van der Waals surface area contributed by atoms with E-state index in [4.69, 9.17) is 5.73 Å². The normalized spacial score (nSPS) is 22.3. The molecule has 1 heterocycles. The molecule has 2 N–H and O–H groups in total. The van der Waals surface area contributed by atoms with Crippen LogP contribution in [0.1, 0.15) is 26.2 Å². The quantitative estimate of drug-likeness (QED) is 0.875. The molecule has 1 aliphatic rings. The van der Waals surface area contributed by atoms with E-state index in [0.717, 1.165) is 28.3 Å². The Morgan fingerprint density at radius 2 is 2.25 bits per heavy atom. The van der Waals surface area contributed by atoms with Crippen LogP contribution in [-0.4, -0.2) is 20.2 Å². The lowest BCUT2D eigenvalue weighted by Crippen LogP contribution is -2.11. The summed E-state index contributed by atoms with van der Waals surface area (Å²) in [6.45, 7) is 3.20. The zero-order valence-electron chi connectivity index (χ0n) is 11.5. The Morgan fingerprint density at radius 1 is 1.40 bits per heavy atom. The van der Waals surface area contributed by atoms with Crippen molar-refractivity contribution in [1.82, 2.24) is 20.2 Å². The first-order chi connectivity index (χ1) is 9.63. The summed E-state index contributed by atoms with van der Waals surface area (Å²) in [6, 6.07) is 5.70. The summed E-state index contributed by atoms with van der Waals surface area (Å²) in [6.07, 6.45) is 3.83. The molecule has 2 atom stereocenters. The minimum atomic E-state index is 0.673. The van der Waals surface area contributed by atoms with Crippen molar-refractivity contribution in [2.45, 2.75) is 32.7 Å². The lowest BCUT2D eigenvalue weighted by molar-refractivity contribution is 0.412. The number of nitrogens with two attached hydrogens (primary N) is 1. The molecule has 1 fully saturated rings. The fourth-order valence-corrected chi connectivity index (χ4v) is 3.39. The number of tetrazole rings is 1. The van der Waals surface area contributed by atoms with E-state index in [1.165, 1.54) is 19.3 Å². The third-order valence-corrected chi connectivity index (χ3v) is 4.69. The van der Waals surface area contributed by atoms with E-state index < -0.39 is 0 Å². The van der Waals surface area contributed by atoms with Crippen molar-refractivity contribution in [1.29, 1.82) is 0 Å². The lowest BCUT2D eigenvalue weighted by atomic mass is 10.1. The summed E-state index contributed by atoms with van der Waals surface area (Å²) in [5.74, 6) is 2.27. The van der Waals surface area contributed by atoms with Crippen LogP contribution in [0.2, 0.25) is 0 Å². The molecular formula is C14H18BrN5. The molecule has 2 aromatic rings. The highest BCUT2D eigenvalue weighted by atomic mass is 79.9. The predicted molar refractivity (Wildman–Crippen MR) is 81.9 cm³/mol. The number of anilines is 1. The molecule has 0 radical (unpaired) electrons. The van der Waals surface area contributed by atoms with Gasteiger partial charge in [-0.2, -0.15) is 0 Å². The standard InChI is InChI=1S/C14H18BrN5/c1-9-2-3-10(6-9)8-20-14(17-18-19-20)12-7-11(16)4-5-13(12)15/h4-5,7,9-10H,2-3,6,8,16H2,1H3. The van der Waals surface area contributed by atoms with Crippen molar-refractivity contribution in [2.24, 2.45) is 11.8 Å². The highest BCUT2D eigenvalue weighted by Gasteiger charge is 2.23. The number of hydrogen-bond acceptors (Lipinski definition) is 4. The van der Waals surface area contributed by atoms with Gasteiger partial charge >= 0.3 is 0 Å². The van der Waals surface area contributed by atoms with Gasteiger partial charge in [-0.15, -0.1) is 5.10 Å². The zero-order valence-corrected chi connectivity index (χ0v) is 13.0. The number of aromatic nitrogens is 4. The molecule has 1 aromatic carbocycles. The van der Waals surface area contributed by atoms with Crippen LogP contribution in [-0.2, 0) is 6.54 Å². The van der Waals surface area contributed by atoms with E-state index >= 15 is 0 Å². The van der Waals surface area contributed by atoms with Crippen molar-refractivity contribution >= 4 is 21.6 Å². The van der Waals surface area contributed by atoms with E-state index in [0.29, 0.717) is 11.6 Å². The lowest BCUT2D eigenvalue weighted by Gasteiger charge is -2.11. The maximum atomic E-state index is 5.87. The maximum Gasteiger partial charge on any atom is 0.183 e. The van der Waals surface area contributed by atoms with Crippen molar-refractivity contribution in [3.63, 3.8) is 0 Å². The van der Waals surface area contributed by atoms with Gasteiger partial charge in [-0.3, -0.25) is 0 Å². The first-order valence-corrected chi connectivity index (χ1v) is 7.74. The number of hydrogen-bond donors (Lipinski definition) is 1. The molecular weight excluding hydrogens is 318 g/mol. The second kappa shape index (κ2) is 5.52. The van der Waals surface area contributed by atoms with E-state index in [9.17, 15) is 0 Å². The molecule has 20 heavy (non-hydrogen) atoms. The smallest absolute Gasteiger partial charge is 0.183 e. The SMILES string of the molecule is CC1CCC(Cn2nnnc2-c2cc(N)ccc2Br)C1. The molecule has 1 saturated carbocycles. The summed E-state index contributed by atoms with van der Waals surface area (Å²) < 4.78 is 2.87. The van der Waals surface area contributed by atoms with E-state index in [2.05, 4.69) is 38.4 Å². The second-order valence-corrected chi connectivity index (χ2v) is 6.56. The Balaban J connectivity index is 1.88. The summed E-state index contributed by atoms with van der Waals surface area (Å²) >= 11 is 3.54. The van der Waals surface area contributed by atoms with Gasteiger partial charge in [0.25, 0.3) is 0 Å². The molecule has 0 aliphatic heterocycles. The van der Waals surface area contributed by atoms with Crippen molar-refractivity contribution in [3.8, 4) is 11.4 Å². The van der Waals surface area contributed by atoms with E-state index in [1.54, 1.807) is 0 Å². The molecule has 2 unspecified atom stereocenters. The molecule has 1 aromatic heterocycles. The fraction of sp³-hybridized carbons (Fsp3) is 0.500. The van der Waals surface area contributed by atoms with Crippen LogP contribution >= 0.6 is 15.9 Å². The fourth-order valence-electron chi connectivity index (χ4n) is 2.97. The molecule has 1 aliphatic carbocycles. The topological polar surface area (TPSA) is 69.6 Å². The Labute approximate surface area is 126 Å². The zero-order chi connectivity index (χ0) is 14.1. The van der Waals surface area contributed by atoms with Gasteiger partial charge in [-0.05, 0) is 53.3 Å². The van der Waals surface area contributed by atoms with Gasteiger partial charge in [0.2, 0.25) is 0 Å². The van der Waals surface area contributed by atoms with Crippen LogP contribution in [0.15, 0.2) is 22.7 Å². The Bertz CT molecular complexity index is 609. The van der Waals surface area contributed by atoms with Crippen LogP contribution in [0.4, 0.5) is 5.69 Å².